The molecule has 0 N–H and O–H groups in total. The smallest absolute Gasteiger partial charge is 0.339 e. The highest BCUT2D eigenvalue weighted by Gasteiger charge is 2.25. The van der Waals surface area contributed by atoms with E-state index in [1.165, 1.54) is 20.1 Å². The van der Waals surface area contributed by atoms with E-state index in [9.17, 15) is 18.5 Å². The third kappa shape index (κ3) is 4.14. The normalized spacial score (nSPS) is 11.0. The Morgan fingerprint density at radius 3 is 2.54 bits per heavy atom. The molecule has 7 nitrogen and oxygen atoms in total. The molecule has 0 bridgehead atoms. The lowest BCUT2D eigenvalue weighted by atomic mass is 10.1. The number of ether oxygens (including phenoxy) is 1. The summed E-state index contributed by atoms with van der Waals surface area (Å²) in [6, 6.07) is 6.75. The number of nitro benzene ring substituents is 1. The monoisotopic (exact) mass is 397 g/mol. The quantitative estimate of drug-likeness (QED) is 0.302. The zero-order valence-corrected chi connectivity index (χ0v) is 15.6. The number of allylic oxidation sites excluding steroid dienone is 1. The number of nitro groups is 1. The molecule has 0 heterocycles. The maximum Gasteiger partial charge on any atom is 0.339 e. The highest BCUT2D eigenvalue weighted by Crippen LogP contribution is 2.34. The molecule has 2 rings (SSSR count). The van der Waals surface area contributed by atoms with Gasteiger partial charge in [0.05, 0.1) is 17.1 Å². The molecule has 138 valence electrons. The summed E-state index contributed by atoms with van der Waals surface area (Å²) in [5.41, 5.74) is 0.616. The van der Waals surface area contributed by atoms with Gasteiger partial charge in [0.2, 0.25) is 0 Å². The SMILES string of the molecule is C=CCc1ccc(OS(=O)(=O)c2cc(Cl)c(C)c([N+](=O)[O-])c2)c(OC)c1. The maximum atomic E-state index is 12.5. The van der Waals surface area contributed by atoms with Crippen LogP contribution in [0.15, 0.2) is 47.9 Å². The molecule has 2 aromatic rings. The van der Waals surface area contributed by atoms with Gasteiger partial charge >= 0.3 is 10.1 Å². The minimum absolute atomic E-state index is 0.0420. The maximum absolute atomic E-state index is 12.5. The summed E-state index contributed by atoms with van der Waals surface area (Å²) in [5, 5.41) is 11.0. The summed E-state index contributed by atoms with van der Waals surface area (Å²) >= 11 is 5.93. The number of hydrogen-bond acceptors (Lipinski definition) is 6. The van der Waals surface area contributed by atoms with Gasteiger partial charge < -0.3 is 8.92 Å². The number of benzene rings is 2. The van der Waals surface area contributed by atoms with Crippen molar-refractivity contribution >= 4 is 27.4 Å². The molecule has 0 amide bonds. The number of hydrogen-bond donors (Lipinski definition) is 0. The van der Waals surface area contributed by atoms with Crippen LogP contribution in [-0.2, 0) is 16.5 Å². The molecular weight excluding hydrogens is 382 g/mol. The Bertz CT molecular complexity index is 971. The van der Waals surface area contributed by atoms with Gasteiger partial charge in [0.1, 0.15) is 4.90 Å². The number of methoxy groups -OCH3 is 1. The minimum Gasteiger partial charge on any atom is -0.493 e. The van der Waals surface area contributed by atoms with E-state index in [2.05, 4.69) is 6.58 Å². The molecule has 2 aromatic carbocycles. The van der Waals surface area contributed by atoms with Crippen molar-refractivity contribution in [1.82, 2.24) is 0 Å². The first-order chi connectivity index (χ1) is 12.2. The van der Waals surface area contributed by atoms with Gasteiger partial charge in [-0.1, -0.05) is 23.7 Å². The van der Waals surface area contributed by atoms with Crippen LogP contribution in [0.25, 0.3) is 0 Å². The van der Waals surface area contributed by atoms with Crippen molar-refractivity contribution in [2.24, 2.45) is 0 Å². The largest absolute Gasteiger partial charge is 0.493 e. The van der Waals surface area contributed by atoms with E-state index < -0.39 is 25.6 Å². The van der Waals surface area contributed by atoms with Crippen molar-refractivity contribution in [2.45, 2.75) is 18.2 Å². The summed E-state index contributed by atoms with van der Waals surface area (Å²) in [6.07, 6.45) is 2.27. The average molecular weight is 398 g/mol. The van der Waals surface area contributed by atoms with Gasteiger partial charge in [0.25, 0.3) is 5.69 Å². The van der Waals surface area contributed by atoms with Gasteiger partial charge in [-0.2, -0.15) is 8.42 Å². The van der Waals surface area contributed by atoms with Crippen LogP contribution in [0.4, 0.5) is 5.69 Å². The lowest BCUT2D eigenvalue weighted by molar-refractivity contribution is -0.385. The molecule has 0 aromatic heterocycles. The van der Waals surface area contributed by atoms with Crippen LogP contribution in [0.1, 0.15) is 11.1 Å². The van der Waals surface area contributed by atoms with Gasteiger partial charge in [-0.15, -0.1) is 6.58 Å². The van der Waals surface area contributed by atoms with E-state index in [0.29, 0.717) is 6.42 Å². The van der Waals surface area contributed by atoms with Crippen LogP contribution in [0, 0.1) is 17.0 Å². The second-order valence-corrected chi connectivity index (χ2v) is 7.28. The Labute approximate surface area is 156 Å². The highest BCUT2D eigenvalue weighted by atomic mass is 35.5. The first-order valence-corrected chi connectivity index (χ1v) is 9.15. The number of halogens is 1. The van der Waals surface area contributed by atoms with Crippen LogP contribution < -0.4 is 8.92 Å². The summed E-state index contributed by atoms with van der Waals surface area (Å²) < 4.78 is 35.4. The number of nitrogens with zero attached hydrogens (tertiary/aromatic N) is 1. The summed E-state index contributed by atoms with van der Waals surface area (Å²) in [4.78, 5) is 9.97. The topological polar surface area (TPSA) is 95.7 Å². The average Bonchev–Trinajstić information content (AvgIpc) is 2.58. The van der Waals surface area contributed by atoms with Gasteiger partial charge in [-0.25, -0.2) is 0 Å². The Balaban J connectivity index is 2.47. The van der Waals surface area contributed by atoms with Crippen LogP contribution in [-0.4, -0.2) is 20.5 Å². The second kappa shape index (κ2) is 7.76. The molecule has 0 saturated carbocycles. The second-order valence-electron chi connectivity index (χ2n) is 5.32. The van der Waals surface area contributed by atoms with Gasteiger partial charge in [-0.3, -0.25) is 10.1 Å². The van der Waals surface area contributed by atoms with Crippen LogP contribution in [0.2, 0.25) is 5.02 Å². The molecule has 0 aliphatic heterocycles. The fraction of sp³-hybridized carbons (Fsp3) is 0.176. The molecule has 0 aliphatic rings. The van der Waals surface area contributed by atoms with Crippen LogP contribution >= 0.6 is 11.6 Å². The fourth-order valence-electron chi connectivity index (χ4n) is 2.21. The molecule has 0 unspecified atom stereocenters. The lowest BCUT2D eigenvalue weighted by Crippen LogP contribution is -2.11. The third-order valence-electron chi connectivity index (χ3n) is 3.58. The van der Waals surface area contributed by atoms with E-state index in [1.807, 2.05) is 0 Å². The van der Waals surface area contributed by atoms with E-state index in [-0.39, 0.29) is 22.1 Å². The molecular formula is C17H16ClNO6S. The summed E-state index contributed by atoms with van der Waals surface area (Å²) in [7, 11) is -2.98. The van der Waals surface area contributed by atoms with Crippen molar-refractivity contribution in [3.05, 3.63) is 69.3 Å². The zero-order valence-electron chi connectivity index (χ0n) is 14.1. The molecule has 26 heavy (non-hydrogen) atoms. The standard InChI is InChI=1S/C17H16ClNO6S/c1-4-5-12-6-7-16(17(8-12)24-3)25-26(22,23)13-9-14(18)11(2)15(10-13)19(20)21/h4,6-10H,1,5H2,2-3H3. The fourth-order valence-corrected chi connectivity index (χ4v) is 3.48. The van der Waals surface area contributed by atoms with Crippen molar-refractivity contribution in [3.63, 3.8) is 0 Å². The Morgan fingerprint density at radius 1 is 1.27 bits per heavy atom. The van der Waals surface area contributed by atoms with Gasteiger partial charge in [-0.05, 0) is 37.1 Å². The van der Waals surface area contributed by atoms with Crippen molar-refractivity contribution in [1.29, 1.82) is 0 Å². The van der Waals surface area contributed by atoms with Gasteiger partial charge in [0.15, 0.2) is 11.5 Å². The van der Waals surface area contributed by atoms with Crippen molar-refractivity contribution in [2.75, 3.05) is 7.11 Å². The van der Waals surface area contributed by atoms with Crippen LogP contribution in [0.3, 0.4) is 0 Å². The van der Waals surface area contributed by atoms with E-state index in [4.69, 9.17) is 20.5 Å². The Hall–Kier alpha value is -2.58. The molecule has 9 heteroatoms. The lowest BCUT2D eigenvalue weighted by Gasteiger charge is -2.12. The van der Waals surface area contributed by atoms with Crippen molar-refractivity contribution in [3.8, 4) is 11.5 Å². The first-order valence-electron chi connectivity index (χ1n) is 7.36. The first kappa shape index (κ1) is 19.7. The zero-order chi connectivity index (χ0) is 19.5. The Kier molecular flexibility index (Phi) is 5.89. The van der Waals surface area contributed by atoms with E-state index >= 15 is 0 Å². The molecule has 0 saturated heterocycles. The molecule has 0 spiro atoms. The molecule has 0 fully saturated rings. The van der Waals surface area contributed by atoms with E-state index in [0.717, 1.165) is 17.7 Å². The molecule has 0 aliphatic carbocycles. The van der Waals surface area contributed by atoms with Crippen LogP contribution in [0.5, 0.6) is 11.5 Å². The Morgan fingerprint density at radius 2 is 1.96 bits per heavy atom. The van der Waals surface area contributed by atoms with Gasteiger partial charge in [0, 0.05) is 11.6 Å². The third-order valence-corrected chi connectivity index (χ3v) is 5.19. The minimum atomic E-state index is -4.36. The summed E-state index contributed by atoms with van der Waals surface area (Å²) in [5.74, 6) is 0.167. The predicted molar refractivity (Wildman–Crippen MR) is 97.6 cm³/mol. The highest BCUT2D eigenvalue weighted by molar-refractivity contribution is 7.87. The molecule has 0 atom stereocenters. The number of rotatable bonds is 7. The van der Waals surface area contributed by atoms with E-state index in [1.54, 1.807) is 18.2 Å². The van der Waals surface area contributed by atoms with Crippen molar-refractivity contribution < 1.29 is 22.3 Å². The predicted octanol–water partition coefficient (Wildman–Crippen LogP) is 4.06. The molecule has 0 radical (unpaired) electrons. The summed E-state index contributed by atoms with van der Waals surface area (Å²) in [6.45, 7) is 5.06.